The van der Waals surface area contributed by atoms with E-state index in [1.54, 1.807) is 0 Å². The first-order valence-electron chi connectivity index (χ1n) is 33.1. The van der Waals surface area contributed by atoms with Crippen molar-refractivity contribution in [2.75, 3.05) is 9.80 Å². The van der Waals surface area contributed by atoms with Crippen LogP contribution in [0.15, 0.2) is 206 Å². The zero-order valence-electron chi connectivity index (χ0n) is 57.3. The van der Waals surface area contributed by atoms with Gasteiger partial charge in [-0.3, -0.25) is 0 Å². The van der Waals surface area contributed by atoms with Crippen molar-refractivity contribution in [2.24, 2.45) is 0 Å². The Morgan fingerprint density at radius 3 is 0.736 bits per heavy atom. The molecule has 2 nitrogen and oxygen atoms in total. The minimum atomic E-state index is -0.197. The third-order valence-electron chi connectivity index (χ3n) is 20.5. The maximum Gasteiger partial charge on any atom is 0.0465 e. The third-order valence-corrected chi connectivity index (χ3v) is 20.5. The molecule has 0 unspecified atom stereocenters. The highest BCUT2D eigenvalue weighted by Crippen LogP contribution is 2.54. The summed E-state index contributed by atoms with van der Waals surface area (Å²) in [5, 5.41) is 0. The van der Waals surface area contributed by atoms with E-state index in [1.807, 2.05) is 0 Å². The van der Waals surface area contributed by atoms with Gasteiger partial charge < -0.3 is 9.80 Å². The summed E-state index contributed by atoms with van der Waals surface area (Å²) in [5.41, 5.74) is 33.0. The molecule has 0 fully saturated rings. The van der Waals surface area contributed by atoms with Crippen LogP contribution >= 0.6 is 0 Å². The number of anilines is 6. The van der Waals surface area contributed by atoms with E-state index in [1.165, 1.54) is 128 Å². The lowest BCUT2D eigenvalue weighted by Crippen LogP contribution is -2.17. The summed E-state index contributed by atoms with van der Waals surface area (Å²) in [4.78, 5) is 4.87. The predicted molar refractivity (Wildman–Crippen MR) is 394 cm³/mol. The second-order valence-electron chi connectivity index (χ2n) is 32.1. The molecule has 458 valence electrons. The topological polar surface area (TPSA) is 6.48 Å². The Hall–Kier alpha value is -8.72. The van der Waals surface area contributed by atoms with Crippen LogP contribution in [0.2, 0.25) is 0 Å². The quantitative estimate of drug-likeness (QED) is 0.126. The minimum absolute atomic E-state index is 0.0255. The second-order valence-corrected chi connectivity index (χ2v) is 32.1. The summed E-state index contributed by atoms with van der Waals surface area (Å²) >= 11 is 0. The molecule has 0 N–H and O–H groups in total. The highest BCUT2D eigenvalue weighted by Gasteiger charge is 2.39. The van der Waals surface area contributed by atoms with E-state index < -0.39 is 0 Å². The summed E-state index contributed by atoms with van der Waals surface area (Å²) in [7, 11) is 0. The van der Waals surface area contributed by atoms with Crippen LogP contribution in [0.4, 0.5) is 34.1 Å². The molecule has 3 aliphatic rings. The Morgan fingerprint density at radius 2 is 0.462 bits per heavy atom. The van der Waals surface area contributed by atoms with Gasteiger partial charge in [0.1, 0.15) is 0 Å². The monoisotopic (exact) mass is 1190 g/mol. The van der Waals surface area contributed by atoms with Crippen molar-refractivity contribution in [2.45, 2.75) is 163 Å². The average Bonchev–Trinajstić information content (AvgIpc) is 1.61. The van der Waals surface area contributed by atoms with E-state index in [4.69, 9.17) is 0 Å². The molecular weight excluding hydrogens is 1100 g/mol. The molecule has 0 aromatic heterocycles. The van der Waals surface area contributed by atoms with E-state index in [0.717, 1.165) is 17.1 Å². The van der Waals surface area contributed by atoms with Gasteiger partial charge in [-0.2, -0.15) is 0 Å². The standard InChI is InChI=1S/C89H92N2/c1-83(2,3)61-30-36-65(37-31-61)90(66-38-32-62(33-39-66)84(4,5)6)69-42-48-75-73-46-28-59(52-79(73)88(15,16)81(75)55-69)24-22-57-26-44-71-72-45-27-58(51-78(72)87(13,14)77(71)50-57)23-25-60-29-47-74-76-49-43-70(56-82(76)89(17,18)80(74)53-60)91(67-40-34-63(35-41-67)85(7,8)9)68-21-19-20-64(54-68)86(10,11)12/h19-56H,1-18H3/b24-22+,25-23+. The number of hydrogen-bond acceptors (Lipinski definition) is 2. The van der Waals surface area contributed by atoms with Gasteiger partial charge in [0.15, 0.2) is 0 Å². The first kappa shape index (κ1) is 61.2. The Bertz CT molecular complexity index is 4490. The number of nitrogens with zero attached hydrogens (tertiary/aromatic N) is 2. The van der Waals surface area contributed by atoms with Crippen molar-refractivity contribution >= 4 is 58.4 Å². The van der Waals surface area contributed by atoms with Crippen LogP contribution in [0, 0.1) is 0 Å². The van der Waals surface area contributed by atoms with E-state index in [9.17, 15) is 0 Å². The molecule has 10 aromatic carbocycles. The van der Waals surface area contributed by atoms with E-state index in [-0.39, 0.29) is 37.9 Å². The molecule has 13 rings (SSSR count). The van der Waals surface area contributed by atoms with E-state index in [2.05, 4.69) is 365 Å². The van der Waals surface area contributed by atoms with Crippen molar-refractivity contribution in [3.63, 3.8) is 0 Å². The molecule has 0 saturated heterocycles. The van der Waals surface area contributed by atoms with Crippen LogP contribution in [0.25, 0.3) is 57.7 Å². The normalized spacial score (nSPS) is 15.1. The maximum atomic E-state index is 2.45. The molecule has 0 saturated carbocycles. The third kappa shape index (κ3) is 11.0. The van der Waals surface area contributed by atoms with Crippen molar-refractivity contribution in [3.05, 3.63) is 284 Å². The SMILES string of the molecule is CC(C)(C)c1ccc(N(c2ccc(C(C)(C)C)cc2)c2ccc3c(c2)C(C)(C)c2cc(/C=C/c4ccc5c(c4)C(C)(C)c4cc(/C=C/c6ccc7c(c6)C(C)(C)c6cc(N(c8ccc(C(C)(C)C)cc8)c8cccc(C(C)(C)C)c8)ccc6-7)ccc4-5)ccc2-3)cc1. The second kappa shape index (κ2) is 21.7. The lowest BCUT2D eigenvalue weighted by molar-refractivity contribution is 0.590. The molecule has 0 bridgehead atoms. The summed E-state index contributed by atoms with van der Waals surface area (Å²) < 4.78 is 0. The molecule has 3 aliphatic carbocycles. The summed E-state index contributed by atoms with van der Waals surface area (Å²) in [6.07, 6.45) is 9.22. The van der Waals surface area contributed by atoms with Crippen LogP contribution in [-0.2, 0) is 37.9 Å². The highest BCUT2D eigenvalue weighted by atomic mass is 15.1. The van der Waals surface area contributed by atoms with E-state index in [0.29, 0.717) is 0 Å². The zero-order chi connectivity index (χ0) is 64.5. The Balaban J connectivity index is 0.730. The fraction of sp³-hybridized carbons (Fsp3) is 0.281. The smallest absolute Gasteiger partial charge is 0.0465 e. The number of benzene rings is 10. The van der Waals surface area contributed by atoms with Gasteiger partial charge in [0.25, 0.3) is 0 Å². The van der Waals surface area contributed by atoms with Gasteiger partial charge in [-0.15, -0.1) is 0 Å². The molecule has 0 spiro atoms. The number of hydrogen-bond donors (Lipinski definition) is 0. The van der Waals surface area contributed by atoms with Gasteiger partial charge in [0, 0.05) is 50.4 Å². The van der Waals surface area contributed by atoms with Crippen LogP contribution < -0.4 is 9.80 Å². The van der Waals surface area contributed by atoms with Gasteiger partial charge in [-0.05, 0) is 206 Å². The molecule has 0 amide bonds. The minimum Gasteiger partial charge on any atom is -0.310 e. The van der Waals surface area contributed by atoms with Crippen LogP contribution in [0.1, 0.15) is 203 Å². The van der Waals surface area contributed by atoms with E-state index >= 15 is 0 Å². The van der Waals surface area contributed by atoms with Crippen LogP contribution in [0.3, 0.4) is 0 Å². The summed E-state index contributed by atoms with van der Waals surface area (Å²) in [5.74, 6) is 0. The first-order chi connectivity index (χ1) is 42.8. The van der Waals surface area contributed by atoms with Gasteiger partial charge in [0.2, 0.25) is 0 Å². The number of fused-ring (bicyclic) bond motifs is 9. The maximum absolute atomic E-state index is 2.45. The molecule has 10 aromatic rings. The van der Waals surface area contributed by atoms with Gasteiger partial charge in [-0.1, -0.05) is 282 Å². The fourth-order valence-corrected chi connectivity index (χ4v) is 14.7. The average molecular weight is 1190 g/mol. The zero-order valence-corrected chi connectivity index (χ0v) is 57.3. The molecule has 91 heavy (non-hydrogen) atoms. The lowest BCUT2D eigenvalue weighted by atomic mass is 9.81. The molecule has 0 aliphatic heterocycles. The summed E-state index contributed by atoms with van der Waals surface area (Å²) in [6, 6.07) is 79.2. The summed E-state index contributed by atoms with van der Waals surface area (Å²) in [6.45, 7) is 41.8. The fourth-order valence-electron chi connectivity index (χ4n) is 14.7. The molecular formula is C89H92N2. The molecule has 2 heteroatoms. The van der Waals surface area contributed by atoms with Gasteiger partial charge >= 0.3 is 0 Å². The lowest BCUT2D eigenvalue weighted by Gasteiger charge is -2.30. The molecule has 0 radical (unpaired) electrons. The Morgan fingerprint density at radius 1 is 0.231 bits per heavy atom. The highest BCUT2D eigenvalue weighted by molar-refractivity contribution is 5.90. The van der Waals surface area contributed by atoms with Crippen molar-refractivity contribution in [1.29, 1.82) is 0 Å². The van der Waals surface area contributed by atoms with Gasteiger partial charge in [-0.25, -0.2) is 0 Å². The van der Waals surface area contributed by atoms with Crippen LogP contribution in [-0.4, -0.2) is 0 Å². The van der Waals surface area contributed by atoms with Crippen LogP contribution in [0.5, 0.6) is 0 Å². The molecule has 0 atom stereocenters. The number of rotatable bonds is 10. The van der Waals surface area contributed by atoms with Gasteiger partial charge in [0.05, 0.1) is 0 Å². The van der Waals surface area contributed by atoms with Crippen molar-refractivity contribution in [3.8, 4) is 33.4 Å². The predicted octanol–water partition coefficient (Wildman–Crippen LogP) is 25.1. The first-order valence-corrected chi connectivity index (χ1v) is 33.1. The Kier molecular flexibility index (Phi) is 14.6. The largest absolute Gasteiger partial charge is 0.310 e. The van der Waals surface area contributed by atoms with Crippen molar-refractivity contribution < 1.29 is 0 Å². The Labute approximate surface area is 545 Å². The molecule has 0 heterocycles. The van der Waals surface area contributed by atoms with Crippen molar-refractivity contribution in [1.82, 2.24) is 0 Å².